The highest BCUT2D eigenvalue weighted by atomic mass is 32.1. The standard InChI is InChI=1S/C22H19F2N5O2S2/c1-11-18(29-5-6-32-22(29)26-11)20(30)25-10-16-3-4-28(16)21(31)17-19(33-12(2)27-17)13-7-14(23)9-15(24)8-13/h5-9,16H,3-4,10H2,1-2H3,(H,25,30)/t16-/m1/s1. The van der Waals surface area contributed by atoms with E-state index in [-0.39, 0.29) is 35.7 Å². The average molecular weight is 488 g/mol. The normalized spacial score (nSPS) is 15.6. The molecule has 2 amide bonds. The van der Waals surface area contributed by atoms with E-state index >= 15 is 0 Å². The summed E-state index contributed by atoms with van der Waals surface area (Å²) >= 11 is 2.67. The molecule has 1 aliphatic heterocycles. The lowest BCUT2D eigenvalue weighted by atomic mass is 10.0. The predicted molar refractivity (Wildman–Crippen MR) is 122 cm³/mol. The van der Waals surface area contributed by atoms with E-state index in [1.807, 2.05) is 5.38 Å². The highest BCUT2D eigenvalue weighted by Gasteiger charge is 2.36. The summed E-state index contributed by atoms with van der Waals surface area (Å²) in [6.07, 6.45) is 2.54. The number of carbonyl (C=O) groups excluding carboxylic acids is 2. The van der Waals surface area contributed by atoms with Gasteiger partial charge in [0.05, 0.1) is 21.6 Å². The van der Waals surface area contributed by atoms with Crippen LogP contribution in [0.15, 0.2) is 29.8 Å². The molecule has 7 nitrogen and oxygen atoms in total. The summed E-state index contributed by atoms with van der Waals surface area (Å²) < 4.78 is 29.3. The number of carbonyl (C=O) groups is 2. The second-order valence-corrected chi connectivity index (χ2v) is 9.90. The third-order valence-electron chi connectivity index (χ3n) is 5.62. The quantitative estimate of drug-likeness (QED) is 0.461. The van der Waals surface area contributed by atoms with E-state index in [9.17, 15) is 18.4 Å². The number of benzene rings is 1. The summed E-state index contributed by atoms with van der Waals surface area (Å²) in [4.78, 5) is 37.6. The van der Waals surface area contributed by atoms with E-state index in [1.54, 1.807) is 29.3 Å². The van der Waals surface area contributed by atoms with Crippen LogP contribution in [0.5, 0.6) is 0 Å². The van der Waals surface area contributed by atoms with Crippen LogP contribution in [0.3, 0.4) is 0 Å². The number of aryl methyl sites for hydroxylation is 2. The van der Waals surface area contributed by atoms with Crippen LogP contribution in [0, 0.1) is 25.5 Å². The number of amides is 2. The number of imidazole rings is 1. The Bertz CT molecular complexity index is 1370. The number of rotatable bonds is 5. The van der Waals surface area contributed by atoms with Crippen molar-refractivity contribution in [2.24, 2.45) is 0 Å². The molecule has 1 aromatic carbocycles. The van der Waals surface area contributed by atoms with Gasteiger partial charge in [-0.2, -0.15) is 0 Å². The Labute approximate surface area is 195 Å². The summed E-state index contributed by atoms with van der Waals surface area (Å²) in [6, 6.07) is 2.99. The molecule has 0 aliphatic carbocycles. The van der Waals surface area contributed by atoms with Gasteiger partial charge < -0.3 is 10.2 Å². The fourth-order valence-electron chi connectivity index (χ4n) is 3.97. The second kappa shape index (κ2) is 8.31. The second-order valence-electron chi connectivity index (χ2n) is 7.82. The van der Waals surface area contributed by atoms with Crippen LogP contribution in [-0.4, -0.2) is 50.2 Å². The maximum atomic E-state index is 13.8. The van der Waals surface area contributed by atoms with Crippen molar-refractivity contribution in [1.82, 2.24) is 24.6 Å². The van der Waals surface area contributed by atoms with Gasteiger partial charge in [-0.15, -0.1) is 22.7 Å². The summed E-state index contributed by atoms with van der Waals surface area (Å²) in [6.45, 7) is 4.34. The molecule has 1 N–H and O–H groups in total. The third kappa shape index (κ3) is 3.91. The molecule has 170 valence electrons. The van der Waals surface area contributed by atoms with Crippen LogP contribution in [0.2, 0.25) is 0 Å². The van der Waals surface area contributed by atoms with Crippen molar-refractivity contribution >= 4 is 39.4 Å². The Morgan fingerprint density at radius 3 is 2.64 bits per heavy atom. The zero-order valence-electron chi connectivity index (χ0n) is 17.8. The molecule has 4 heterocycles. The van der Waals surface area contributed by atoms with Crippen molar-refractivity contribution in [3.63, 3.8) is 0 Å². The van der Waals surface area contributed by atoms with Crippen molar-refractivity contribution in [2.75, 3.05) is 13.1 Å². The van der Waals surface area contributed by atoms with E-state index in [0.717, 1.165) is 17.4 Å². The molecule has 1 aliphatic rings. The smallest absolute Gasteiger partial charge is 0.274 e. The van der Waals surface area contributed by atoms with E-state index in [4.69, 9.17) is 0 Å². The third-order valence-corrected chi connectivity index (χ3v) is 7.39. The zero-order chi connectivity index (χ0) is 23.3. The fourth-order valence-corrected chi connectivity index (χ4v) is 5.63. The van der Waals surface area contributed by atoms with Gasteiger partial charge in [0.2, 0.25) is 0 Å². The molecule has 0 unspecified atom stereocenters. The van der Waals surface area contributed by atoms with Gasteiger partial charge in [-0.3, -0.25) is 14.0 Å². The number of hydrogen-bond donors (Lipinski definition) is 1. The molecule has 1 saturated heterocycles. The van der Waals surface area contributed by atoms with Crippen LogP contribution in [-0.2, 0) is 0 Å². The van der Waals surface area contributed by atoms with Gasteiger partial charge in [0.1, 0.15) is 23.0 Å². The predicted octanol–water partition coefficient (Wildman–Crippen LogP) is 4.06. The first kappa shape index (κ1) is 21.7. The van der Waals surface area contributed by atoms with Gasteiger partial charge >= 0.3 is 0 Å². The minimum Gasteiger partial charge on any atom is -0.349 e. The number of hydrogen-bond acceptors (Lipinski definition) is 6. The van der Waals surface area contributed by atoms with Crippen LogP contribution < -0.4 is 5.32 Å². The molecule has 1 atom stereocenters. The lowest BCUT2D eigenvalue weighted by Crippen LogP contribution is -2.56. The van der Waals surface area contributed by atoms with Gasteiger partial charge in [0, 0.05) is 30.7 Å². The van der Waals surface area contributed by atoms with Gasteiger partial charge in [0.15, 0.2) is 4.96 Å². The lowest BCUT2D eigenvalue weighted by Gasteiger charge is -2.40. The molecular formula is C22H19F2N5O2S2. The largest absolute Gasteiger partial charge is 0.349 e. The fraction of sp³-hybridized carbons (Fsp3) is 0.273. The number of likely N-dealkylation sites (tertiary alicyclic amines) is 1. The van der Waals surface area contributed by atoms with Gasteiger partial charge in [-0.1, -0.05) is 0 Å². The summed E-state index contributed by atoms with van der Waals surface area (Å²) in [7, 11) is 0. The van der Waals surface area contributed by atoms with E-state index in [1.165, 1.54) is 34.8 Å². The first-order valence-electron chi connectivity index (χ1n) is 10.3. The Kier molecular flexibility index (Phi) is 5.45. The van der Waals surface area contributed by atoms with Crippen LogP contribution >= 0.6 is 22.7 Å². The Morgan fingerprint density at radius 1 is 1.18 bits per heavy atom. The van der Waals surface area contributed by atoms with Crippen molar-refractivity contribution in [3.8, 4) is 10.4 Å². The Balaban J connectivity index is 1.32. The minimum atomic E-state index is -0.714. The van der Waals surface area contributed by atoms with Crippen molar-refractivity contribution in [3.05, 3.63) is 63.5 Å². The van der Waals surface area contributed by atoms with E-state index in [2.05, 4.69) is 15.3 Å². The maximum absolute atomic E-state index is 13.8. The van der Waals surface area contributed by atoms with E-state index < -0.39 is 11.6 Å². The van der Waals surface area contributed by atoms with Gasteiger partial charge in [-0.05, 0) is 38.0 Å². The molecule has 33 heavy (non-hydrogen) atoms. The SMILES string of the molecule is Cc1nc(C(=O)N2CC[C@@H]2CNC(=O)c2c(C)nc3sccn23)c(-c2cc(F)cc(F)c2)s1. The summed E-state index contributed by atoms with van der Waals surface area (Å²) in [5.41, 5.74) is 1.58. The van der Waals surface area contributed by atoms with E-state index in [0.29, 0.717) is 27.8 Å². The first-order valence-corrected chi connectivity index (χ1v) is 12.0. The zero-order valence-corrected chi connectivity index (χ0v) is 19.4. The number of halogens is 2. The molecule has 4 aromatic rings. The summed E-state index contributed by atoms with van der Waals surface area (Å²) in [5.74, 6) is -1.99. The molecule has 0 saturated carbocycles. The number of thiazole rings is 2. The Morgan fingerprint density at radius 2 is 1.94 bits per heavy atom. The molecular weight excluding hydrogens is 468 g/mol. The van der Waals surface area contributed by atoms with Gasteiger partial charge in [-0.25, -0.2) is 18.7 Å². The summed E-state index contributed by atoms with van der Waals surface area (Å²) in [5, 5.41) is 5.39. The highest BCUT2D eigenvalue weighted by molar-refractivity contribution is 7.15. The van der Waals surface area contributed by atoms with Gasteiger partial charge in [0.25, 0.3) is 11.8 Å². The average Bonchev–Trinajstić information content (AvgIpc) is 3.40. The Hall–Kier alpha value is -3.18. The maximum Gasteiger partial charge on any atom is 0.274 e. The minimum absolute atomic E-state index is 0.171. The molecule has 11 heteroatoms. The molecule has 0 radical (unpaired) electrons. The molecule has 1 fully saturated rings. The van der Waals surface area contributed by atoms with Crippen molar-refractivity contribution < 1.29 is 18.4 Å². The topological polar surface area (TPSA) is 79.6 Å². The van der Waals surface area contributed by atoms with Crippen molar-refractivity contribution in [1.29, 1.82) is 0 Å². The molecule has 5 rings (SSSR count). The molecule has 0 spiro atoms. The van der Waals surface area contributed by atoms with Crippen LogP contribution in [0.1, 0.15) is 38.1 Å². The molecule has 3 aromatic heterocycles. The number of fused-ring (bicyclic) bond motifs is 1. The monoisotopic (exact) mass is 487 g/mol. The van der Waals surface area contributed by atoms with Crippen LogP contribution in [0.4, 0.5) is 8.78 Å². The lowest BCUT2D eigenvalue weighted by molar-refractivity contribution is 0.0451. The number of nitrogens with one attached hydrogen (secondary N) is 1. The number of nitrogens with zero attached hydrogens (tertiary/aromatic N) is 4. The highest BCUT2D eigenvalue weighted by Crippen LogP contribution is 2.33. The molecule has 0 bridgehead atoms. The van der Waals surface area contributed by atoms with Crippen molar-refractivity contribution in [2.45, 2.75) is 26.3 Å². The van der Waals surface area contributed by atoms with Crippen LogP contribution in [0.25, 0.3) is 15.4 Å². The number of aromatic nitrogens is 3. The first-order chi connectivity index (χ1) is 15.8.